The number of carbonyl (C=O) groups excluding carboxylic acids is 2. The number of Topliss-reactive ketones (excluding diaryl/α,β-unsaturated/α-hetero) is 1. The highest BCUT2D eigenvalue weighted by Gasteiger charge is 2.30. The molecule has 0 aromatic rings. The third kappa shape index (κ3) is 2.24. The molecule has 10 heavy (non-hydrogen) atoms. The second-order valence-electron chi connectivity index (χ2n) is 2.05. The van der Waals surface area contributed by atoms with E-state index < -0.39 is 11.6 Å². The molecule has 0 radical (unpaired) electrons. The van der Waals surface area contributed by atoms with Gasteiger partial charge in [-0.15, -0.1) is 0 Å². The summed E-state index contributed by atoms with van der Waals surface area (Å²) in [6, 6.07) is 0. The van der Waals surface area contributed by atoms with E-state index in [1.54, 1.807) is 6.92 Å². The fourth-order valence-corrected chi connectivity index (χ4v) is 0.566. The smallest absolute Gasteiger partial charge is 0.253 e. The first-order valence-electron chi connectivity index (χ1n) is 2.99. The predicted octanol–water partition coefficient (Wildman–Crippen LogP) is -0.765. The summed E-state index contributed by atoms with van der Waals surface area (Å²) >= 11 is 0. The summed E-state index contributed by atoms with van der Waals surface area (Å²) in [5, 5.41) is 17.5. The largest absolute Gasteiger partial charge is 0.359 e. The van der Waals surface area contributed by atoms with Crippen LogP contribution in [0.15, 0.2) is 0 Å². The van der Waals surface area contributed by atoms with Gasteiger partial charge in [0.05, 0.1) is 0 Å². The van der Waals surface area contributed by atoms with Crippen LogP contribution in [0.1, 0.15) is 19.8 Å². The SMILES string of the molecule is CCCC(O)(O)C(=O)C=O. The van der Waals surface area contributed by atoms with Gasteiger partial charge < -0.3 is 10.2 Å². The van der Waals surface area contributed by atoms with Crippen LogP contribution in [-0.2, 0) is 9.59 Å². The molecule has 0 fully saturated rings. The van der Waals surface area contributed by atoms with E-state index in [0.717, 1.165) is 0 Å². The Bertz CT molecular complexity index is 139. The van der Waals surface area contributed by atoms with E-state index in [1.165, 1.54) is 0 Å². The molecule has 0 atom stereocenters. The van der Waals surface area contributed by atoms with E-state index in [-0.39, 0.29) is 12.7 Å². The Morgan fingerprint density at radius 1 is 1.60 bits per heavy atom. The lowest BCUT2D eigenvalue weighted by atomic mass is 10.1. The summed E-state index contributed by atoms with van der Waals surface area (Å²) in [6.07, 6.45) is 0.243. The van der Waals surface area contributed by atoms with Crippen molar-refractivity contribution in [1.29, 1.82) is 0 Å². The molecular formula is C6H10O4. The molecule has 0 aliphatic heterocycles. The highest BCUT2D eigenvalue weighted by molar-refractivity contribution is 6.28. The Morgan fingerprint density at radius 2 is 2.10 bits per heavy atom. The molecule has 0 saturated carbocycles. The van der Waals surface area contributed by atoms with Crippen molar-refractivity contribution in [3.63, 3.8) is 0 Å². The third-order valence-corrected chi connectivity index (χ3v) is 1.10. The summed E-state index contributed by atoms with van der Waals surface area (Å²) in [5.74, 6) is -3.63. The number of aldehydes is 1. The molecule has 0 rings (SSSR count). The summed E-state index contributed by atoms with van der Waals surface area (Å²) < 4.78 is 0. The van der Waals surface area contributed by atoms with Crippen molar-refractivity contribution in [2.75, 3.05) is 0 Å². The van der Waals surface area contributed by atoms with E-state index in [2.05, 4.69) is 0 Å². The van der Waals surface area contributed by atoms with Crippen LogP contribution in [0, 0.1) is 0 Å². The molecule has 0 spiro atoms. The minimum absolute atomic E-state index is 0.0876. The number of hydrogen-bond acceptors (Lipinski definition) is 4. The van der Waals surface area contributed by atoms with E-state index in [4.69, 9.17) is 10.2 Å². The number of aliphatic hydroxyl groups is 2. The molecule has 4 nitrogen and oxygen atoms in total. The number of rotatable bonds is 4. The van der Waals surface area contributed by atoms with Crippen molar-refractivity contribution in [3.05, 3.63) is 0 Å². The zero-order valence-electron chi connectivity index (χ0n) is 5.70. The van der Waals surface area contributed by atoms with Gasteiger partial charge in [-0.1, -0.05) is 13.3 Å². The van der Waals surface area contributed by atoms with Crippen LogP contribution < -0.4 is 0 Å². The molecule has 0 aliphatic rings. The number of ketones is 1. The summed E-state index contributed by atoms with van der Waals surface area (Å²) in [7, 11) is 0. The normalized spacial score (nSPS) is 11.1. The second-order valence-corrected chi connectivity index (χ2v) is 2.05. The number of hydrogen-bond donors (Lipinski definition) is 2. The summed E-state index contributed by atoms with van der Waals surface area (Å²) in [5.41, 5.74) is 0. The Labute approximate surface area is 58.5 Å². The first-order chi connectivity index (χ1) is 4.54. The average molecular weight is 146 g/mol. The molecule has 0 aromatic heterocycles. The Balaban J connectivity index is 4.08. The van der Waals surface area contributed by atoms with Gasteiger partial charge in [0.25, 0.3) is 5.78 Å². The van der Waals surface area contributed by atoms with Gasteiger partial charge in [-0.2, -0.15) is 0 Å². The molecule has 0 unspecified atom stereocenters. The van der Waals surface area contributed by atoms with Gasteiger partial charge in [0, 0.05) is 6.42 Å². The Morgan fingerprint density at radius 3 is 2.40 bits per heavy atom. The Kier molecular flexibility index (Phi) is 3.18. The quantitative estimate of drug-likeness (QED) is 0.310. The standard InChI is InChI=1S/C6H10O4/c1-2-3-6(9,10)5(8)4-7/h4,9-10H,2-3H2,1H3. The lowest BCUT2D eigenvalue weighted by Crippen LogP contribution is -2.38. The van der Waals surface area contributed by atoms with Crippen molar-refractivity contribution in [2.24, 2.45) is 0 Å². The van der Waals surface area contributed by atoms with Crippen LogP contribution in [0.2, 0.25) is 0 Å². The summed E-state index contributed by atoms with van der Waals surface area (Å²) in [6.45, 7) is 1.68. The van der Waals surface area contributed by atoms with E-state index in [0.29, 0.717) is 6.42 Å². The van der Waals surface area contributed by atoms with Gasteiger partial charge in [-0.05, 0) is 0 Å². The lowest BCUT2D eigenvalue weighted by molar-refractivity contribution is -0.183. The van der Waals surface area contributed by atoms with Crippen molar-refractivity contribution >= 4 is 12.1 Å². The topological polar surface area (TPSA) is 74.6 Å². The zero-order chi connectivity index (χ0) is 8.20. The van der Waals surface area contributed by atoms with Crippen LogP contribution in [0.5, 0.6) is 0 Å². The highest BCUT2D eigenvalue weighted by atomic mass is 16.5. The average Bonchev–Trinajstić information content (AvgIpc) is 1.86. The maximum atomic E-state index is 10.4. The Hall–Kier alpha value is -0.740. The van der Waals surface area contributed by atoms with Gasteiger partial charge in [0.1, 0.15) is 0 Å². The minimum atomic E-state index is -2.45. The monoisotopic (exact) mass is 146 g/mol. The van der Waals surface area contributed by atoms with Crippen molar-refractivity contribution in [3.8, 4) is 0 Å². The van der Waals surface area contributed by atoms with E-state index >= 15 is 0 Å². The molecule has 2 N–H and O–H groups in total. The molecule has 4 heteroatoms. The van der Waals surface area contributed by atoms with Gasteiger partial charge >= 0.3 is 0 Å². The fourth-order valence-electron chi connectivity index (χ4n) is 0.566. The van der Waals surface area contributed by atoms with Crippen LogP contribution in [0.3, 0.4) is 0 Å². The fraction of sp³-hybridized carbons (Fsp3) is 0.667. The highest BCUT2D eigenvalue weighted by Crippen LogP contribution is 2.07. The first-order valence-corrected chi connectivity index (χ1v) is 2.99. The van der Waals surface area contributed by atoms with Crippen molar-refractivity contribution in [1.82, 2.24) is 0 Å². The van der Waals surface area contributed by atoms with Crippen LogP contribution >= 0.6 is 0 Å². The van der Waals surface area contributed by atoms with Crippen LogP contribution in [0.4, 0.5) is 0 Å². The third-order valence-electron chi connectivity index (χ3n) is 1.10. The molecule has 0 bridgehead atoms. The second kappa shape index (κ2) is 3.43. The maximum absolute atomic E-state index is 10.4. The molecule has 0 amide bonds. The molecule has 0 heterocycles. The van der Waals surface area contributed by atoms with Crippen molar-refractivity contribution < 1.29 is 19.8 Å². The number of carbonyl (C=O) groups is 2. The van der Waals surface area contributed by atoms with Crippen LogP contribution in [-0.4, -0.2) is 28.1 Å². The van der Waals surface area contributed by atoms with Crippen molar-refractivity contribution in [2.45, 2.75) is 25.6 Å². The predicted molar refractivity (Wildman–Crippen MR) is 33.1 cm³/mol. The molecule has 0 aliphatic carbocycles. The van der Waals surface area contributed by atoms with Crippen LogP contribution in [0.25, 0.3) is 0 Å². The van der Waals surface area contributed by atoms with Gasteiger partial charge in [-0.25, -0.2) is 0 Å². The van der Waals surface area contributed by atoms with Gasteiger partial charge in [-0.3, -0.25) is 9.59 Å². The maximum Gasteiger partial charge on any atom is 0.253 e. The zero-order valence-corrected chi connectivity index (χ0v) is 5.70. The molecule has 0 aromatic carbocycles. The molecular weight excluding hydrogens is 136 g/mol. The summed E-state index contributed by atoms with van der Waals surface area (Å²) in [4.78, 5) is 20.1. The van der Waals surface area contributed by atoms with Gasteiger partial charge in [0.2, 0.25) is 5.79 Å². The molecule has 58 valence electrons. The minimum Gasteiger partial charge on any atom is -0.359 e. The van der Waals surface area contributed by atoms with E-state index in [1.807, 2.05) is 0 Å². The van der Waals surface area contributed by atoms with E-state index in [9.17, 15) is 9.59 Å². The lowest BCUT2D eigenvalue weighted by Gasteiger charge is -2.14. The molecule has 0 saturated heterocycles. The first kappa shape index (κ1) is 9.26. The van der Waals surface area contributed by atoms with Gasteiger partial charge in [0.15, 0.2) is 6.29 Å².